The molecule has 0 aliphatic carbocycles. The van der Waals surface area contributed by atoms with Crippen LogP contribution >= 0.6 is 0 Å². The molecule has 0 bridgehead atoms. The minimum Gasteiger partial charge on any atom is -0.444 e. The molecule has 2 atom stereocenters. The summed E-state index contributed by atoms with van der Waals surface area (Å²) in [5.41, 5.74) is 6.34. The summed E-state index contributed by atoms with van der Waals surface area (Å²) in [6.07, 6.45) is 1.39. The van der Waals surface area contributed by atoms with E-state index in [-0.39, 0.29) is 24.8 Å². The normalized spacial score (nSPS) is 13.0. The lowest BCUT2D eigenvalue weighted by atomic mass is 9.99. The van der Waals surface area contributed by atoms with E-state index >= 15 is 0 Å². The van der Waals surface area contributed by atoms with Gasteiger partial charge in [-0.15, -0.1) is 0 Å². The first-order valence-electron chi connectivity index (χ1n) is 12.8. The Bertz CT molecular complexity index is 877. The van der Waals surface area contributed by atoms with Gasteiger partial charge >= 0.3 is 6.09 Å². The van der Waals surface area contributed by atoms with Crippen molar-refractivity contribution in [3.05, 3.63) is 35.4 Å². The molecular weight excluding hydrogens is 460 g/mol. The van der Waals surface area contributed by atoms with Gasteiger partial charge in [0.25, 0.3) is 0 Å². The molecular formula is C27H44N4O5. The van der Waals surface area contributed by atoms with E-state index < -0.39 is 35.6 Å². The van der Waals surface area contributed by atoms with Gasteiger partial charge in [-0.25, -0.2) is 4.79 Å². The van der Waals surface area contributed by atoms with Gasteiger partial charge in [0.05, 0.1) is 0 Å². The molecule has 1 aromatic carbocycles. The average molecular weight is 505 g/mol. The Hall–Kier alpha value is -3.10. The maximum Gasteiger partial charge on any atom is 0.408 e. The Morgan fingerprint density at radius 2 is 1.64 bits per heavy atom. The van der Waals surface area contributed by atoms with Crippen LogP contribution in [0.2, 0.25) is 0 Å². The first-order chi connectivity index (χ1) is 16.8. The molecule has 202 valence electrons. The summed E-state index contributed by atoms with van der Waals surface area (Å²) >= 11 is 0. The molecule has 0 saturated carbocycles. The van der Waals surface area contributed by atoms with Crippen LogP contribution in [0, 0.1) is 0 Å². The number of nitrogens with zero attached hydrogens (tertiary/aromatic N) is 1. The quantitative estimate of drug-likeness (QED) is 0.378. The number of benzene rings is 1. The molecule has 36 heavy (non-hydrogen) atoms. The number of aryl methyl sites for hydroxylation is 1. The molecule has 0 saturated heterocycles. The molecule has 0 aliphatic rings. The third kappa shape index (κ3) is 10.7. The van der Waals surface area contributed by atoms with E-state index in [9.17, 15) is 19.2 Å². The smallest absolute Gasteiger partial charge is 0.408 e. The molecule has 4 N–H and O–H groups in total. The zero-order valence-corrected chi connectivity index (χ0v) is 22.8. The molecule has 1 aromatic rings. The van der Waals surface area contributed by atoms with Crippen molar-refractivity contribution in [3.8, 4) is 0 Å². The third-order valence-corrected chi connectivity index (χ3v) is 5.40. The molecule has 0 radical (unpaired) electrons. The van der Waals surface area contributed by atoms with E-state index in [1.54, 1.807) is 20.8 Å². The lowest BCUT2D eigenvalue weighted by molar-refractivity contribution is -0.143. The number of primary amides is 1. The minimum absolute atomic E-state index is 0.0106. The number of carbonyl (C=O) groups is 4. The highest BCUT2D eigenvalue weighted by molar-refractivity contribution is 5.92. The van der Waals surface area contributed by atoms with Crippen molar-refractivity contribution in [2.45, 2.75) is 104 Å². The number of ether oxygens (including phenoxy) is 1. The highest BCUT2D eigenvalue weighted by Gasteiger charge is 2.36. The van der Waals surface area contributed by atoms with E-state index in [4.69, 9.17) is 10.5 Å². The van der Waals surface area contributed by atoms with Gasteiger partial charge in [0.15, 0.2) is 0 Å². The van der Waals surface area contributed by atoms with Crippen LogP contribution in [0.25, 0.3) is 0 Å². The van der Waals surface area contributed by atoms with Crippen molar-refractivity contribution >= 4 is 23.8 Å². The van der Waals surface area contributed by atoms with Crippen molar-refractivity contribution in [2.24, 2.45) is 5.73 Å². The van der Waals surface area contributed by atoms with Crippen molar-refractivity contribution in [3.63, 3.8) is 0 Å². The van der Waals surface area contributed by atoms with Crippen LogP contribution in [0.5, 0.6) is 0 Å². The van der Waals surface area contributed by atoms with Gasteiger partial charge in [-0.2, -0.15) is 0 Å². The SMILES string of the molecule is CCCCN(C(=O)C(CCC(N)=O)NC(=O)OC(C)(C)C)C(C(=O)NC(C)C)c1ccc(CC)cc1. The fourth-order valence-corrected chi connectivity index (χ4v) is 3.66. The zero-order chi connectivity index (χ0) is 27.5. The maximum atomic E-state index is 13.9. The minimum atomic E-state index is -1.09. The number of unbranched alkanes of at least 4 members (excludes halogenated alkanes) is 1. The number of alkyl carbamates (subject to hydrolysis) is 1. The number of carbonyl (C=O) groups excluding carboxylic acids is 4. The van der Waals surface area contributed by atoms with Crippen molar-refractivity contribution in [1.82, 2.24) is 15.5 Å². The second-order valence-corrected chi connectivity index (χ2v) is 10.2. The molecule has 0 fully saturated rings. The van der Waals surface area contributed by atoms with E-state index in [1.165, 1.54) is 4.90 Å². The number of rotatable bonds is 13. The lowest BCUT2D eigenvalue weighted by Crippen LogP contribution is -2.53. The topological polar surface area (TPSA) is 131 Å². The van der Waals surface area contributed by atoms with Gasteiger partial charge in [-0.05, 0) is 65.0 Å². The highest BCUT2D eigenvalue weighted by Crippen LogP contribution is 2.25. The maximum absolute atomic E-state index is 13.9. The summed E-state index contributed by atoms with van der Waals surface area (Å²) in [4.78, 5) is 52.9. The summed E-state index contributed by atoms with van der Waals surface area (Å²) in [6.45, 7) is 13.2. The number of nitrogens with one attached hydrogen (secondary N) is 2. The second kappa shape index (κ2) is 14.5. The predicted molar refractivity (Wildman–Crippen MR) is 140 cm³/mol. The molecule has 9 nitrogen and oxygen atoms in total. The average Bonchev–Trinajstić information content (AvgIpc) is 2.77. The number of nitrogens with two attached hydrogens (primary N) is 1. The van der Waals surface area contributed by atoms with E-state index in [1.807, 2.05) is 52.0 Å². The molecule has 0 heterocycles. The van der Waals surface area contributed by atoms with Crippen molar-refractivity contribution in [1.29, 1.82) is 0 Å². The largest absolute Gasteiger partial charge is 0.444 e. The Morgan fingerprint density at radius 3 is 2.11 bits per heavy atom. The third-order valence-electron chi connectivity index (χ3n) is 5.40. The monoisotopic (exact) mass is 504 g/mol. The predicted octanol–water partition coefficient (Wildman–Crippen LogP) is 3.60. The summed E-state index contributed by atoms with van der Waals surface area (Å²) in [5.74, 6) is -1.38. The van der Waals surface area contributed by atoms with Crippen LogP contribution in [0.15, 0.2) is 24.3 Å². The molecule has 2 unspecified atom stereocenters. The number of hydrogen-bond donors (Lipinski definition) is 3. The standard InChI is InChI=1S/C27H44N4O5/c1-8-10-17-31(23(24(33)29-18(3)4)20-13-11-19(9-2)12-14-20)25(34)21(15-16-22(28)32)30-26(35)36-27(5,6)7/h11-14,18,21,23H,8-10,15-17H2,1-7H3,(H2,28,32)(H,29,33)(H,30,35). The van der Waals surface area contributed by atoms with Gasteiger partial charge in [-0.1, -0.05) is 44.5 Å². The van der Waals surface area contributed by atoms with Gasteiger partial charge < -0.3 is 26.0 Å². The van der Waals surface area contributed by atoms with Crippen LogP contribution < -0.4 is 16.4 Å². The molecule has 0 aliphatic heterocycles. The number of hydrogen-bond acceptors (Lipinski definition) is 5. The van der Waals surface area contributed by atoms with E-state index in [2.05, 4.69) is 10.6 Å². The van der Waals surface area contributed by atoms with Crippen molar-refractivity contribution in [2.75, 3.05) is 6.54 Å². The van der Waals surface area contributed by atoms with Crippen LogP contribution in [-0.2, 0) is 25.5 Å². The Balaban J connectivity index is 3.47. The van der Waals surface area contributed by atoms with Crippen molar-refractivity contribution < 1.29 is 23.9 Å². The second-order valence-electron chi connectivity index (χ2n) is 10.2. The molecule has 1 rings (SSSR count). The summed E-state index contributed by atoms with van der Waals surface area (Å²) < 4.78 is 5.34. The summed E-state index contributed by atoms with van der Waals surface area (Å²) in [6, 6.07) is 5.46. The Morgan fingerprint density at radius 1 is 1.03 bits per heavy atom. The number of amides is 4. The lowest BCUT2D eigenvalue weighted by Gasteiger charge is -2.35. The van der Waals surface area contributed by atoms with Crippen LogP contribution in [-0.4, -0.2) is 52.9 Å². The van der Waals surface area contributed by atoms with Gasteiger partial charge in [0.2, 0.25) is 17.7 Å². The van der Waals surface area contributed by atoms with Gasteiger partial charge in [-0.3, -0.25) is 14.4 Å². The highest BCUT2D eigenvalue weighted by atomic mass is 16.6. The fourth-order valence-electron chi connectivity index (χ4n) is 3.66. The summed E-state index contributed by atoms with van der Waals surface area (Å²) in [7, 11) is 0. The Kier molecular flexibility index (Phi) is 12.4. The fraction of sp³-hybridized carbons (Fsp3) is 0.630. The first kappa shape index (κ1) is 30.9. The molecule has 4 amide bonds. The molecule has 0 spiro atoms. The van der Waals surface area contributed by atoms with E-state index in [0.717, 1.165) is 18.4 Å². The summed E-state index contributed by atoms with van der Waals surface area (Å²) in [5, 5.41) is 5.52. The zero-order valence-electron chi connectivity index (χ0n) is 22.8. The van der Waals surface area contributed by atoms with Crippen LogP contribution in [0.3, 0.4) is 0 Å². The van der Waals surface area contributed by atoms with Crippen LogP contribution in [0.1, 0.15) is 91.3 Å². The van der Waals surface area contributed by atoms with Gasteiger partial charge in [0, 0.05) is 19.0 Å². The first-order valence-corrected chi connectivity index (χ1v) is 12.8. The van der Waals surface area contributed by atoms with Gasteiger partial charge in [0.1, 0.15) is 17.7 Å². The molecule has 9 heteroatoms. The molecule has 0 aromatic heterocycles. The van der Waals surface area contributed by atoms with E-state index in [0.29, 0.717) is 18.5 Å². The van der Waals surface area contributed by atoms with Crippen LogP contribution in [0.4, 0.5) is 4.79 Å². The Labute approximate surface area is 215 Å².